The summed E-state index contributed by atoms with van der Waals surface area (Å²) in [5.41, 5.74) is 1.68. The molecule has 5 rings (SSSR count). The summed E-state index contributed by atoms with van der Waals surface area (Å²) in [4.78, 5) is 39.2. The van der Waals surface area contributed by atoms with E-state index in [2.05, 4.69) is 14.8 Å². The van der Waals surface area contributed by atoms with E-state index in [1.54, 1.807) is 6.20 Å². The number of rotatable bonds is 4. The second-order valence-corrected chi connectivity index (χ2v) is 8.88. The fourth-order valence-corrected chi connectivity index (χ4v) is 5.20. The van der Waals surface area contributed by atoms with Crippen molar-refractivity contribution in [3.8, 4) is 0 Å². The molecule has 32 heavy (non-hydrogen) atoms. The van der Waals surface area contributed by atoms with E-state index in [0.29, 0.717) is 5.56 Å². The molecule has 0 N–H and O–H groups in total. The zero-order valence-electron chi connectivity index (χ0n) is 18.5. The molecule has 2 aromatic rings. The second kappa shape index (κ2) is 9.28. The third-order valence-corrected chi connectivity index (χ3v) is 6.96. The minimum absolute atomic E-state index is 0.0597. The molecule has 7 nitrogen and oxygen atoms in total. The summed E-state index contributed by atoms with van der Waals surface area (Å²) in [5.74, 6) is 1.08. The number of para-hydroxylation sites is 1. The highest BCUT2D eigenvalue weighted by molar-refractivity contribution is 6.00. The topological polar surface area (TPSA) is 60.0 Å². The quantitative estimate of drug-likeness (QED) is 0.742. The first-order chi connectivity index (χ1) is 15.7. The predicted octanol–water partition coefficient (Wildman–Crippen LogP) is 2.64. The Morgan fingerprint density at radius 2 is 1.59 bits per heavy atom. The second-order valence-electron chi connectivity index (χ2n) is 8.88. The molecule has 0 saturated carbocycles. The van der Waals surface area contributed by atoms with Crippen LogP contribution in [0, 0.1) is 0 Å². The van der Waals surface area contributed by atoms with E-state index >= 15 is 0 Å². The predicted molar refractivity (Wildman–Crippen MR) is 125 cm³/mol. The molecule has 3 fully saturated rings. The van der Waals surface area contributed by atoms with Crippen LogP contribution >= 0.6 is 0 Å². The summed E-state index contributed by atoms with van der Waals surface area (Å²) in [6, 6.07) is 13.6. The van der Waals surface area contributed by atoms with Crippen molar-refractivity contribution in [2.24, 2.45) is 0 Å². The van der Waals surface area contributed by atoms with Gasteiger partial charge in [0.05, 0.1) is 11.6 Å². The number of hydrogen-bond donors (Lipinski definition) is 0. The minimum Gasteiger partial charge on any atom is -0.353 e. The summed E-state index contributed by atoms with van der Waals surface area (Å²) in [7, 11) is 0. The Hall–Kier alpha value is -2.93. The summed E-state index contributed by atoms with van der Waals surface area (Å²) in [5, 5.41) is 0. The fourth-order valence-electron chi connectivity index (χ4n) is 5.20. The van der Waals surface area contributed by atoms with E-state index < -0.39 is 0 Å². The lowest BCUT2D eigenvalue weighted by atomic mass is 10.1. The van der Waals surface area contributed by atoms with Crippen molar-refractivity contribution in [3.05, 3.63) is 54.2 Å². The van der Waals surface area contributed by atoms with Crippen LogP contribution in [0.5, 0.6) is 0 Å². The van der Waals surface area contributed by atoms with Crippen LogP contribution in [0.4, 0.5) is 11.5 Å². The summed E-state index contributed by atoms with van der Waals surface area (Å²) in [6.45, 7) is 5.58. The summed E-state index contributed by atoms with van der Waals surface area (Å²) < 4.78 is 0. The summed E-state index contributed by atoms with van der Waals surface area (Å²) >= 11 is 0. The highest BCUT2D eigenvalue weighted by Gasteiger charge is 2.38. The highest BCUT2D eigenvalue weighted by Crippen LogP contribution is 2.27. The van der Waals surface area contributed by atoms with Crippen LogP contribution < -0.4 is 9.80 Å². The normalized spacial score (nSPS) is 22.4. The monoisotopic (exact) mass is 433 g/mol. The van der Waals surface area contributed by atoms with Crippen LogP contribution in [0.15, 0.2) is 48.7 Å². The van der Waals surface area contributed by atoms with E-state index in [-0.39, 0.29) is 17.9 Å². The Labute approximate surface area is 189 Å². The Bertz CT molecular complexity index is 952. The molecule has 0 bridgehead atoms. The van der Waals surface area contributed by atoms with Crippen LogP contribution in [0.2, 0.25) is 0 Å². The van der Waals surface area contributed by atoms with Gasteiger partial charge in [-0.3, -0.25) is 14.5 Å². The Balaban J connectivity index is 1.24. The van der Waals surface area contributed by atoms with Gasteiger partial charge in [-0.05, 0) is 49.9 Å². The van der Waals surface area contributed by atoms with Gasteiger partial charge in [0.25, 0.3) is 5.91 Å². The van der Waals surface area contributed by atoms with E-state index in [1.165, 1.54) is 6.42 Å². The fraction of sp³-hybridized carbons (Fsp3) is 0.480. The van der Waals surface area contributed by atoms with Crippen molar-refractivity contribution in [2.75, 3.05) is 55.6 Å². The Morgan fingerprint density at radius 3 is 2.34 bits per heavy atom. The number of hydrogen-bond acceptors (Lipinski definition) is 5. The number of amides is 2. The number of piperazine rings is 1. The molecule has 2 amide bonds. The van der Waals surface area contributed by atoms with Gasteiger partial charge in [0.15, 0.2) is 0 Å². The van der Waals surface area contributed by atoms with E-state index in [0.717, 1.165) is 76.6 Å². The molecule has 1 aromatic heterocycles. The number of carbonyl (C=O) groups is 2. The van der Waals surface area contributed by atoms with Crippen molar-refractivity contribution in [1.82, 2.24) is 14.8 Å². The SMILES string of the molecule is O=C(c1cccnc1N1CCN(C2CCN(c3ccccc3)C2=O)CC1)N1CCCCC1. The molecule has 7 heteroatoms. The molecule has 3 saturated heterocycles. The number of carbonyl (C=O) groups excluding carboxylic acids is 2. The van der Waals surface area contributed by atoms with Gasteiger partial charge in [0.2, 0.25) is 5.91 Å². The average molecular weight is 434 g/mol. The van der Waals surface area contributed by atoms with Crippen LogP contribution in [0.25, 0.3) is 0 Å². The van der Waals surface area contributed by atoms with Gasteiger partial charge < -0.3 is 14.7 Å². The van der Waals surface area contributed by atoms with Gasteiger partial charge in [0, 0.05) is 57.7 Å². The van der Waals surface area contributed by atoms with Crippen molar-refractivity contribution in [1.29, 1.82) is 0 Å². The zero-order chi connectivity index (χ0) is 21.9. The maximum absolute atomic E-state index is 13.1. The van der Waals surface area contributed by atoms with Crippen LogP contribution in [0.1, 0.15) is 36.0 Å². The third-order valence-electron chi connectivity index (χ3n) is 6.96. The molecule has 3 aliphatic rings. The molecule has 1 aromatic carbocycles. The Morgan fingerprint density at radius 1 is 0.844 bits per heavy atom. The number of aromatic nitrogens is 1. The number of nitrogens with zero attached hydrogens (tertiary/aromatic N) is 5. The molecule has 168 valence electrons. The van der Waals surface area contributed by atoms with Crippen molar-refractivity contribution < 1.29 is 9.59 Å². The molecule has 4 heterocycles. The number of piperidine rings is 1. The maximum Gasteiger partial charge on any atom is 0.257 e. The van der Waals surface area contributed by atoms with Gasteiger partial charge in [-0.2, -0.15) is 0 Å². The number of benzene rings is 1. The molecule has 0 radical (unpaired) electrons. The first-order valence-electron chi connectivity index (χ1n) is 11.8. The molecule has 1 unspecified atom stereocenters. The lowest BCUT2D eigenvalue weighted by Gasteiger charge is -2.38. The lowest BCUT2D eigenvalue weighted by Crippen LogP contribution is -2.53. The van der Waals surface area contributed by atoms with Gasteiger partial charge >= 0.3 is 0 Å². The van der Waals surface area contributed by atoms with Gasteiger partial charge in [-0.1, -0.05) is 18.2 Å². The number of pyridine rings is 1. The van der Waals surface area contributed by atoms with Gasteiger partial charge in [0.1, 0.15) is 5.82 Å². The van der Waals surface area contributed by atoms with E-state index in [4.69, 9.17) is 0 Å². The third kappa shape index (κ3) is 4.09. The minimum atomic E-state index is -0.0597. The molecule has 3 aliphatic heterocycles. The van der Waals surface area contributed by atoms with Crippen molar-refractivity contribution in [2.45, 2.75) is 31.7 Å². The highest BCUT2D eigenvalue weighted by atomic mass is 16.2. The number of anilines is 2. The van der Waals surface area contributed by atoms with Crippen LogP contribution in [-0.2, 0) is 4.79 Å². The Kier molecular flexibility index (Phi) is 6.08. The first kappa shape index (κ1) is 20.9. The summed E-state index contributed by atoms with van der Waals surface area (Å²) in [6.07, 6.45) is 5.99. The van der Waals surface area contributed by atoms with Gasteiger partial charge in [-0.15, -0.1) is 0 Å². The number of likely N-dealkylation sites (tertiary alicyclic amines) is 1. The molecular weight excluding hydrogens is 402 g/mol. The van der Waals surface area contributed by atoms with Crippen LogP contribution in [0.3, 0.4) is 0 Å². The maximum atomic E-state index is 13.1. The van der Waals surface area contributed by atoms with Gasteiger partial charge in [-0.25, -0.2) is 4.98 Å². The van der Waals surface area contributed by atoms with Crippen LogP contribution in [-0.4, -0.2) is 78.5 Å². The van der Waals surface area contributed by atoms with Crippen molar-refractivity contribution >= 4 is 23.3 Å². The standard InChI is InChI=1S/C25H31N5O2/c31-24(29-13-5-2-6-14-29)21-10-7-12-26-23(21)28-18-16-27(17-19-28)22-11-15-30(25(22)32)20-8-3-1-4-9-20/h1,3-4,7-10,12,22H,2,5-6,11,13-19H2. The van der Waals surface area contributed by atoms with E-state index in [9.17, 15) is 9.59 Å². The van der Waals surface area contributed by atoms with Crippen molar-refractivity contribution in [3.63, 3.8) is 0 Å². The smallest absolute Gasteiger partial charge is 0.257 e. The first-order valence-corrected chi connectivity index (χ1v) is 11.8. The van der Waals surface area contributed by atoms with E-state index in [1.807, 2.05) is 52.3 Å². The molecular formula is C25H31N5O2. The molecule has 1 atom stereocenters. The zero-order valence-corrected chi connectivity index (χ0v) is 18.5. The molecule has 0 spiro atoms. The largest absolute Gasteiger partial charge is 0.353 e. The molecule has 0 aliphatic carbocycles. The average Bonchev–Trinajstić information content (AvgIpc) is 3.26. The lowest BCUT2D eigenvalue weighted by molar-refractivity contribution is -0.121.